The second-order valence-corrected chi connectivity index (χ2v) is 5.11. The van der Waals surface area contributed by atoms with Gasteiger partial charge in [-0.25, -0.2) is 0 Å². The molecule has 1 unspecified atom stereocenters. The summed E-state index contributed by atoms with van der Waals surface area (Å²) in [6, 6.07) is 5.68. The number of likely N-dealkylation sites (tertiary alicyclic amines) is 1. The first-order valence-electron chi connectivity index (χ1n) is 6.57. The van der Waals surface area contributed by atoms with Crippen LogP contribution in [-0.4, -0.2) is 28.4 Å². The molecule has 4 heteroatoms. The molecule has 1 N–H and O–H groups in total. The van der Waals surface area contributed by atoms with Crippen molar-refractivity contribution in [1.29, 1.82) is 0 Å². The Balaban J connectivity index is 2.11. The van der Waals surface area contributed by atoms with Crippen molar-refractivity contribution in [3.8, 4) is 0 Å². The minimum atomic E-state index is -0.815. The molecule has 1 aliphatic rings. The van der Waals surface area contributed by atoms with E-state index in [1.54, 1.807) is 0 Å². The molecule has 1 fully saturated rings. The molecule has 2 amide bonds. The number of rotatable bonds is 3. The van der Waals surface area contributed by atoms with Gasteiger partial charge in [-0.15, -0.1) is 0 Å². The summed E-state index contributed by atoms with van der Waals surface area (Å²) < 4.78 is 0. The van der Waals surface area contributed by atoms with Gasteiger partial charge in [-0.05, 0) is 37.0 Å². The fourth-order valence-corrected chi connectivity index (χ4v) is 2.25. The third-order valence-corrected chi connectivity index (χ3v) is 3.65. The number of hydrogen-bond acceptors (Lipinski definition) is 3. The molecule has 4 nitrogen and oxygen atoms in total. The Kier molecular flexibility index (Phi) is 4.00. The zero-order valence-electron chi connectivity index (χ0n) is 11.3. The molecular formula is C15H19NO3. The molecular weight excluding hydrogens is 242 g/mol. The number of piperidine rings is 1. The minimum absolute atomic E-state index is 0.0557. The van der Waals surface area contributed by atoms with Crippen LogP contribution in [0.15, 0.2) is 18.2 Å². The molecule has 0 spiro atoms. The normalized spacial score (nSPS) is 17.7. The Labute approximate surface area is 113 Å². The molecule has 0 radical (unpaired) electrons. The van der Waals surface area contributed by atoms with E-state index in [2.05, 4.69) is 0 Å². The molecule has 0 aliphatic carbocycles. The molecule has 0 aromatic heterocycles. The summed E-state index contributed by atoms with van der Waals surface area (Å²) in [5.41, 5.74) is 2.99. The summed E-state index contributed by atoms with van der Waals surface area (Å²) >= 11 is 0. The van der Waals surface area contributed by atoms with Crippen molar-refractivity contribution in [2.75, 3.05) is 6.54 Å². The third kappa shape index (κ3) is 3.01. The van der Waals surface area contributed by atoms with Crippen LogP contribution in [0.4, 0.5) is 0 Å². The van der Waals surface area contributed by atoms with Crippen molar-refractivity contribution in [3.63, 3.8) is 0 Å². The standard InChI is InChI=1S/C15H19NO3/c1-10-6-7-12(8-11(10)2)13(17)9-16-14(18)4-3-5-15(16)19/h6-8,13,17H,3-5,9H2,1-2H3. The van der Waals surface area contributed by atoms with Crippen LogP contribution in [0.5, 0.6) is 0 Å². The molecule has 1 aliphatic heterocycles. The highest BCUT2D eigenvalue weighted by atomic mass is 16.3. The number of aryl methyl sites for hydroxylation is 2. The van der Waals surface area contributed by atoms with Gasteiger partial charge in [-0.1, -0.05) is 18.2 Å². The fourth-order valence-electron chi connectivity index (χ4n) is 2.25. The molecule has 1 saturated heterocycles. The molecule has 0 saturated carbocycles. The number of amides is 2. The molecule has 1 atom stereocenters. The quantitative estimate of drug-likeness (QED) is 0.845. The van der Waals surface area contributed by atoms with Gasteiger partial charge >= 0.3 is 0 Å². The minimum Gasteiger partial charge on any atom is -0.387 e. The topological polar surface area (TPSA) is 57.6 Å². The maximum Gasteiger partial charge on any atom is 0.229 e. The smallest absolute Gasteiger partial charge is 0.229 e. The highest BCUT2D eigenvalue weighted by Crippen LogP contribution is 2.21. The van der Waals surface area contributed by atoms with Crippen LogP contribution < -0.4 is 0 Å². The van der Waals surface area contributed by atoms with Crippen LogP contribution in [0, 0.1) is 13.8 Å². The Bertz CT molecular complexity index is 494. The molecule has 1 heterocycles. The van der Waals surface area contributed by atoms with Crippen molar-refractivity contribution in [3.05, 3.63) is 34.9 Å². The first kappa shape index (κ1) is 13.7. The summed E-state index contributed by atoms with van der Waals surface area (Å²) in [5, 5.41) is 10.2. The highest BCUT2D eigenvalue weighted by Gasteiger charge is 2.28. The lowest BCUT2D eigenvalue weighted by Gasteiger charge is -2.27. The second-order valence-electron chi connectivity index (χ2n) is 5.11. The van der Waals surface area contributed by atoms with E-state index in [0.29, 0.717) is 19.3 Å². The summed E-state index contributed by atoms with van der Waals surface area (Å²) in [4.78, 5) is 24.6. The SMILES string of the molecule is Cc1ccc(C(O)CN2C(=O)CCCC2=O)cc1C. The van der Waals surface area contributed by atoms with Crippen LogP contribution >= 0.6 is 0 Å². The van der Waals surface area contributed by atoms with E-state index in [9.17, 15) is 14.7 Å². The Morgan fingerprint density at radius 3 is 2.37 bits per heavy atom. The van der Waals surface area contributed by atoms with Crippen molar-refractivity contribution >= 4 is 11.8 Å². The van der Waals surface area contributed by atoms with Gasteiger partial charge in [0.1, 0.15) is 0 Å². The Morgan fingerprint density at radius 2 is 1.79 bits per heavy atom. The summed E-state index contributed by atoms with van der Waals surface area (Å²) in [6.45, 7) is 4.03. The number of carbonyl (C=O) groups excluding carboxylic acids is 2. The summed E-state index contributed by atoms with van der Waals surface area (Å²) in [6.07, 6.45) is 0.593. The van der Waals surface area contributed by atoms with Crippen molar-refractivity contribution in [1.82, 2.24) is 4.90 Å². The lowest BCUT2D eigenvalue weighted by atomic mass is 10.0. The fraction of sp³-hybridized carbons (Fsp3) is 0.467. The lowest BCUT2D eigenvalue weighted by molar-refractivity contribution is -0.149. The van der Waals surface area contributed by atoms with Gasteiger partial charge in [-0.2, -0.15) is 0 Å². The number of benzene rings is 1. The maximum atomic E-state index is 11.7. The van der Waals surface area contributed by atoms with E-state index in [-0.39, 0.29) is 18.4 Å². The highest BCUT2D eigenvalue weighted by molar-refractivity contribution is 5.97. The number of aliphatic hydroxyl groups is 1. The van der Waals surface area contributed by atoms with E-state index in [0.717, 1.165) is 16.7 Å². The van der Waals surface area contributed by atoms with E-state index in [1.165, 1.54) is 4.90 Å². The summed E-state index contributed by atoms with van der Waals surface area (Å²) in [5.74, 6) is -0.363. The number of carbonyl (C=O) groups is 2. The van der Waals surface area contributed by atoms with Gasteiger partial charge in [0.2, 0.25) is 11.8 Å². The van der Waals surface area contributed by atoms with Crippen LogP contribution in [0.1, 0.15) is 42.1 Å². The van der Waals surface area contributed by atoms with Gasteiger partial charge in [0, 0.05) is 12.8 Å². The Morgan fingerprint density at radius 1 is 1.16 bits per heavy atom. The van der Waals surface area contributed by atoms with Gasteiger partial charge in [0.15, 0.2) is 0 Å². The number of aliphatic hydroxyl groups excluding tert-OH is 1. The Hall–Kier alpha value is -1.68. The largest absolute Gasteiger partial charge is 0.387 e. The molecule has 1 aromatic carbocycles. The zero-order valence-corrected chi connectivity index (χ0v) is 11.3. The van der Waals surface area contributed by atoms with Crippen LogP contribution in [0.2, 0.25) is 0 Å². The number of hydrogen-bond donors (Lipinski definition) is 1. The predicted molar refractivity (Wildman–Crippen MR) is 71.4 cm³/mol. The first-order valence-corrected chi connectivity index (χ1v) is 6.57. The average molecular weight is 261 g/mol. The van der Waals surface area contributed by atoms with Gasteiger partial charge in [0.25, 0.3) is 0 Å². The van der Waals surface area contributed by atoms with E-state index < -0.39 is 6.10 Å². The van der Waals surface area contributed by atoms with Crippen LogP contribution in [-0.2, 0) is 9.59 Å². The number of β-amino-alcohol motifs (C(OH)–C–C–N with tert-alkyl or cyclic N) is 1. The van der Waals surface area contributed by atoms with Crippen molar-refractivity contribution in [2.24, 2.45) is 0 Å². The van der Waals surface area contributed by atoms with Crippen LogP contribution in [0.25, 0.3) is 0 Å². The molecule has 19 heavy (non-hydrogen) atoms. The zero-order chi connectivity index (χ0) is 14.0. The van der Waals surface area contributed by atoms with Crippen molar-refractivity contribution < 1.29 is 14.7 Å². The first-order chi connectivity index (χ1) is 8.99. The second kappa shape index (κ2) is 5.53. The maximum absolute atomic E-state index is 11.7. The molecule has 2 rings (SSSR count). The monoisotopic (exact) mass is 261 g/mol. The third-order valence-electron chi connectivity index (χ3n) is 3.65. The van der Waals surface area contributed by atoms with E-state index in [1.807, 2.05) is 32.0 Å². The average Bonchev–Trinajstić information content (AvgIpc) is 2.37. The molecule has 1 aromatic rings. The molecule has 102 valence electrons. The van der Waals surface area contributed by atoms with Crippen LogP contribution in [0.3, 0.4) is 0 Å². The van der Waals surface area contributed by atoms with Gasteiger partial charge in [0.05, 0.1) is 12.6 Å². The van der Waals surface area contributed by atoms with E-state index >= 15 is 0 Å². The predicted octanol–water partition coefficient (Wildman–Crippen LogP) is 1.88. The van der Waals surface area contributed by atoms with Crippen molar-refractivity contribution in [2.45, 2.75) is 39.2 Å². The van der Waals surface area contributed by atoms with Gasteiger partial charge in [-0.3, -0.25) is 14.5 Å². The number of nitrogens with zero attached hydrogens (tertiary/aromatic N) is 1. The lowest BCUT2D eigenvalue weighted by Crippen LogP contribution is -2.42. The molecule has 0 bridgehead atoms. The van der Waals surface area contributed by atoms with Gasteiger partial charge < -0.3 is 5.11 Å². The number of imide groups is 1. The summed E-state index contributed by atoms with van der Waals surface area (Å²) in [7, 11) is 0. The van der Waals surface area contributed by atoms with E-state index in [4.69, 9.17) is 0 Å².